The van der Waals surface area contributed by atoms with Gasteiger partial charge in [-0.3, -0.25) is 9.36 Å². The smallest absolute Gasteiger partial charge is 0.338 e. The third-order valence-electron chi connectivity index (χ3n) is 6.26. The second kappa shape index (κ2) is 11.0. The number of benzene rings is 2. The number of carbonyl (C=O) groups is 1. The zero-order valence-corrected chi connectivity index (χ0v) is 22.1. The molecule has 4 rings (SSSR count). The van der Waals surface area contributed by atoms with Crippen LogP contribution in [0.25, 0.3) is 6.08 Å². The van der Waals surface area contributed by atoms with E-state index in [2.05, 4.69) is 23.7 Å². The first-order valence-electron chi connectivity index (χ1n) is 12.1. The van der Waals surface area contributed by atoms with Gasteiger partial charge in [-0.1, -0.05) is 41.7 Å². The van der Waals surface area contributed by atoms with Crippen LogP contribution in [0, 0.1) is 0 Å². The van der Waals surface area contributed by atoms with E-state index < -0.39 is 12.0 Å². The van der Waals surface area contributed by atoms with E-state index >= 15 is 0 Å². The minimum atomic E-state index is -0.615. The number of fused-ring (bicyclic) bond motifs is 1. The summed E-state index contributed by atoms with van der Waals surface area (Å²) in [4.78, 5) is 34.1. The van der Waals surface area contributed by atoms with Crippen molar-refractivity contribution in [3.63, 3.8) is 0 Å². The number of nitrogens with zero attached hydrogens (tertiary/aromatic N) is 3. The van der Waals surface area contributed by atoms with Gasteiger partial charge in [-0.25, -0.2) is 9.79 Å². The van der Waals surface area contributed by atoms with Crippen LogP contribution in [0.15, 0.2) is 69.6 Å². The van der Waals surface area contributed by atoms with Crippen LogP contribution in [0.3, 0.4) is 0 Å². The first kappa shape index (κ1) is 25.4. The van der Waals surface area contributed by atoms with E-state index in [0.29, 0.717) is 26.4 Å². The molecule has 0 amide bonds. The lowest BCUT2D eigenvalue weighted by atomic mass is 9.96. The summed E-state index contributed by atoms with van der Waals surface area (Å²) < 4.78 is 13.1. The zero-order chi connectivity index (χ0) is 25.8. The topological polar surface area (TPSA) is 73.1 Å². The molecule has 0 radical (unpaired) electrons. The van der Waals surface area contributed by atoms with E-state index in [-0.39, 0.29) is 12.2 Å². The molecule has 1 unspecified atom stereocenters. The number of methoxy groups -OCH3 is 1. The molecule has 0 bridgehead atoms. The van der Waals surface area contributed by atoms with Crippen LogP contribution in [0.2, 0.25) is 0 Å². The molecule has 1 aliphatic rings. The molecule has 0 N–H and O–H groups in total. The molecule has 8 heteroatoms. The Morgan fingerprint density at radius 3 is 2.50 bits per heavy atom. The first-order chi connectivity index (χ1) is 17.4. The molecule has 2 heterocycles. The molecule has 7 nitrogen and oxygen atoms in total. The normalized spacial score (nSPS) is 15.4. The molecule has 36 heavy (non-hydrogen) atoms. The average Bonchev–Trinajstić information content (AvgIpc) is 3.19. The van der Waals surface area contributed by atoms with Crippen molar-refractivity contribution in [2.45, 2.75) is 33.7 Å². The Morgan fingerprint density at radius 1 is 1.14 bits per heavy atom. The predicted octanol–water partition coefficient (Wildman–Crippen LogP) is 3.65. The summed E-state index contributed by atoms with van der Waals surface area (Å²) in [7, 11) is 1.63. The highest BCUT2D eigenvalue weighted by molar-refractivity contribution is 7.07. The lowest BCUT2D eigenvalue weighted by molar-refractivity contribution is -0.139. The van der Waals surface area contributed by atoms with E-state index in [1.54, 1.807) is 25.5 Å². The van der Waals surface area contributed by atoms with E-state index in [4.69, 9.17) is 9.47 Å². The van der Waals surface area contributed by atoms with Crippen molar-refractivity contribution >= 4 is 29.1 Å². The Hall–Kier alpha value is -3.65. The van der Waals surface area contributed by atoms with Crippen molar-refractivity contribution in [1.29, 1.82) is 0 Å². The van der Waals surface area contributed by atoms with Gasteiger partial charge < -0.3 is 14.4 Å². The van der Waals surface area contributed by atoms with Crippen molar-refractivity contribution < 1.29 is 14.3 Å². The van der Waals surface area contributed by atoms with Crippen molar-refractivity contribution in [2.24, 2.45) is 4.99 Å². The highest BCUT2D eigenvalue weighted by atomic mass is 32.1. The van der Waals surface area contributed by atoms with E-state index in [1.807, 2.05) is 54.6 Å². The second-order valence-electron chi connectivity index (χ2n) is 8.31. The summed E-state index contributed by atoms with van der Waals surface area (Å²) in [5, 5.41) is 0. The molecular weight excluding hydrogens is 474 g/mol. The minimum Gasteiger partial charge on any atom is -0.496 e. The number of thiazole rings is 1. The van der Waals surface area contributed by atoms with Crippen molar-refractivity contribution in [3.8, 4) is 5.75 Å². The molecule has 3 aromatic rings. The van der Waals surface area contributed by atoms with Gasteiger partial charge in [0.1, 0.15) is 5.75 Å². The Kier molecular flexibility index (Phi) is 7.74. The fourth-order valence-corrected chi connectivity index (χ4v) is 5.53. The predicted molar refractivity (Wildman–Crippen MR) is 143 cm³/mol. The number of rotatable bonds is 8. The molecule has 1 aromatic heterocycles. The van der Waals surface area contributed by atoms with Crippen LogP contribution in [0.1, 0.15) is 44.9 Å². The van der Waals surface area contributed by atoms with Crippen molar-refractivity contribution in [3.05, 3.63) is 90.6 Å². The lowest BCUT2D eigenvalue weighted by Crippen LogP contribution is -2.39. The lowest BCUT2D eigenvalue weighted by Gasteiger charge is -2.24. The maximum atomic E-state index is 13.8. The van der Waals surface area contributed by atoms with E-state index in [1.165, 1.54) is 11.3 Å². The van der Waals surface area contributed by atoms with Gasteiger partial charge in [0.05, 0.1) is 35.6 Å². The summed E-state index contributed by atoms with van der Waals surface area (Å²) in [5.74, 6) is 0.226. The fourth-order valence-electron chi connectivity index (χ4n) is 4.49. The molecule has 0 saturated carbocycles. The third kappa shape index (κ3) is 4.73. The fraction of sp³-hybridized carbons (Fsp3) is 0.321. The minimum absolute atomic E-state index is 0.211. The number of ether oxygens (including phenoxy) is 2. The molecule has 2 aromatic carbocycles. The quantitative estimate of drug-likeness (QED) is 0.437. The number of anilines is 1. The number of allylic oxidation sites excluding steroid dienone is 1. The number of hydrogen-bond donors (Lipinski definition) is 0. The van der Waals surface area contributed by atoms with Gasteiger partial charge in [0.15, 0.2) is 4.80 Å². The number of carbonyl (C=O) groups excluding carboxylic acids is 1. The molecule has 0 aliphatic carbocycles. The maximum Gasteiger partial charge on any atom is 0.338 e. The number of hydrogen-bond acceptors (Lipinski definition) is 7. The van der Waals surface area contributed by atoms with Crippen LogP contribution in [-0.2, 0) is 9.53 Å². The van der Waals surface area contributed by atoms with Gasteiger partial charge in [0.2, 0.25) is 0 Å². The monoisotopic (exact) mass is 505 g/mol. The second-order valence-corrected chi connectivity index (χ2v) is 9.32. The Labute approximate surface area is 214 Å². The van der Waals surface area contributed by atoms with Crippen molar-refractivity contribution in [1.82, 2.24) is 4.57 Å². The molecule has 188 valence electrons. The van der Waals surface area contributed by atoms with Gasteiger partial charge in [0, 0.05) is 30.4 Å². The highest BCUT2D eigenvalue weighted by Crippen LogP contribution is 2.31. The Morgan fingerprint density at radius 2 is 1.86 bits per heavy atom. The standard InChI is InChI=1S/C28H31N3O4S/c1-6-30(7-2)21-15-14-20(22(17-21)34-5)16-23-26(32)31-25(19-12-10-9-11-13-19)24(27(33)35-8-3)18(4)29-28(31)36-23/h9-17,25H,6-8H2,1-5H3/b23-16+. The van der Waals surface area contributed by atoms with Gasteiger partial charge >= 0.3 is 5.97 Å². The molecule has 1 aliphatic heterocycles. The number of esters is 1. The Balaban J connectivity index is 1.89. The average molecular weight is 506 g/mol. The Bertz CT molecular complexity index is 1470. The summed E-state index contributed by atoms with van der Waals surface area (Å²) in [6.07, 6.45) is 1.83. The summed E-state index contributed by atoms with van der Waals surface area (Å²) >= 11 is 1.30. The number of aromatic nitrogens is 1. The highest BCUT2D eigenvalue weighted by Gasteiger charge is 2.33. The first-order valence-corrected chi connectivity index (χ1v) is 12.9. The maximum absolute atomic E-state index is 13.8. The third-order valence-corrected chi connectivity index (χ3v) is 7.25. The van der Waals surface area contributed by atoms with Crippen LogP contribution in [0.5, 0.6) is 5.75 Å². The van der Waals surface area contributed by atoms with Crippen molar-refractivity contribution in [2.75, 3.05) is 31.7 Å². The van der Waals surface area contributed by atoms with E-state index in [0.717, 1.165) is 29.9 Å². The molecular formula is C28H31N3O4S. The molecule has 0 fully saturated rings. The van der Waals surface area contributed by atoms with Crippen LogP contribution >= 0.6 is 11.3 Å². The summed E-state index contributed by atoms with van der Waals surface area (Å²) in [5.41, 5.74) is 3.41. The van der Waals surface area contributed by atoms with Gasteiger partial charge in [-0.05, 0) is 51.5 Å². The summed E-state index contributed by atoms with van der Waals surface area (Å²) in [6, 6.07) is 14.9. The molecule has 0 spiro atoms. The molecule has 0 saturated heterocycles. The van der Waals surface area contributed by atoms with Crippen LogP contribution in [0.4, 0.5) is 5.69 Å². The van der Waals surface area contributed by atoms with Gasteiger partial charge in [0.25, 0.3) is 5.56 Å². The zero-order valence-electron chi connectivity index (χ0n) is 21.3. The van der Waals surface area contributed by atoms with Crippen LogP contribution in [-0.4, -0.2) is 37.3 Å². The summed E-state index contributed by atoms with van der Waals surface area (Å²) in [6.45, 7) is 9.79. The van der Waals surface area contributed by atoms with Crippen LogP contribution < -0.4 is 24.5 Å². The van der Waals surface area contributed by atoms with Gasteiger partial charge in [-0.15, -0.1) is 0 Å². The SMILES string of the molecule is CCOC(=O)C1=C(C)N=c2s/c(=C/c3ccc(N(CC)CC)cc3OC)c(=O)n2C1c1ccccc1. The van der Waals surface area contributed by atoms with Gasteiger partial charge in [-0.2, -0.15) is 0 Å². The van der Waals surface area contributed by atoms with E-state index in [9.17, 15) is 9.59 Å². The molecule has 1 atom stereocenters. The largest absolute Gasteiger partial charge is 0.496 e.